The van der Waals surface area contributed by atoms with Crippen LogP contribution in [0.5, 0.6) is 0 Å². The van der Waals surface area contributed by atoms with Crippen LogP contribution in [0, 0.1) is 5.92 Å². The number of benzene rings is 1. The average molecular weight is 353 g/mol. The zero-order valence-corrected chi connectivity index (χ0v) is 14.4. The van der Waals surface area contributed by atoms with Crippen molar-refractivity contribution in [3.8, 4) is 0 Å². The van der Waals surface area contributed by atoms with Gasteiger partial charge in [-0.15, -0.1) is 0 Å². The Bertz CT molecular complexity index is 826. The van der Waals surface area contributed by atoms with Crippen LogP contribution < -0.4 is 0 Å². The first-order chi connectivity index (χ1) is 12.5. The second kappa shape index (κ2) is 6.12. The summed E-state index contributed by atoms with van der Waals surface area (Å²) in [7, 11) is 0. The summed E-state index contributed by atoms with van der Waals surface area (Å²) in [6.45, 7) is 2.29. The van der Waals surface area contributed by atoms with Gasteiger partial charge in [-0.3, -0.25) is 14.4 Å². The molecule has 3 unspecified atom stereocenters. The smallest absolute Gasteiger partial charge is 0.432 e. The van der Waals surface area contributed by atoms with Crippen molar-refractivity contribution in [1.29, 1.82) is 0 Å². The number of nitrogens with zero attached hydrogens (tertiary/aromatic N) is 1. The van der Waals surface area contributed by atoms with Crippen LogP contribution in [0.3, 0.4) is 0 Å². The van der Waals surface area contributed by atoms with Gasteiger partial charge < -0.3 is 4.74 Å². The summed E-state index contributed by atoms with van der Waals surface area (Å²) in [4.78, 5) is 39.8. The van der Waals surface area contributed by atoms with Crippen molar-refractivity contribution in [2.75, 3.05) is 6.61 Å². The van der Waals surface area contributed by atoms with Crippen LogP contribution in [0.25, 0.3) is 0 Å². The van der Waals surface area contributed by atoms with E-state index in [0.717, 1.165) is 5.56 Å². The highest BCUT2D eigenvalue weighted by atomic mass is 16.8. The van der Waals surface area contributed by atoms with Crippen molar-refractivity contribution in [2.24, 2.45) is 5.92 Å². The molecule has 1 heterocycles. The molecule has 3 aliphatic rings. The molecule has 0 bridgehead atoms. The number of imide groups is 1. The highest BCUT2D eigenvalue weighted by Crippen LogP contribution is 2.53. The van der Waals surface area contributed by atoms with Crippen LogP contribution in [0.2, 0.25) is 0 Å². The second-order valence-corrected chi connectivity index (χ2v) is 6.98. The maximum absolute atomic E-state index is 12.0. The summed E-state index contributed by atoms with van der Waals surface area (Å²) in [5.74, 6) is -0.903. The fourth-order valence-electron chi connectivity index (χ4n) is 4.19. The van der Waals surface area contributed by atoms with Gasteiger partial charge in [-0.2, -0.15) is 0 Å². The van der Waals surface area contributed by atoms with Crippen LogP contribution in [-0.4, -0.2) is 29.6 Å². The molecule has 0 aromatic heterocycles. The average Bonchev–Trinajstić information content (AvgIpc) is 3.09. The Kier molecular flexibility index (Phi) is 3.90. The molecule has 1 aromatic rings. The van der Waals surface area contributed by atoms with E-state index in [9.17, 15) is 14.4 Å². The number of allylic oxidation sites excluding steroid dienone is 4. The zero-order chi connectivity index (χ0) is 18.3. The van der Waals surface area contributed by atoms with E-state index < -0.39 is 18.0 Å². The summed E-state index contributed by atoms with van der Waals surface area (Å²) in [6, 6.07) is 8.13. The van der Waals surface area contributed by atoms with Gasteiger partial charge in [-0.05, 0) is 11.1 Å². The van der Waals surface area contributed by atoms with E-state index in [1.165, 1.54) is 5.56 Å². The first-order valence-electron chi connectivity index (χ1n) is 8.66. The van der Waals surface area contributed by atoms with Crippen molar-refractivity contribution in [1.82, 2.24) is 5.06 Å². The van der Waals surface area contributed by atoms with Gasteiger partial charge in [0.05, 0.1) is 0 Å². The third kappa shape index (κ3) is 2.53. The van der Waals surface area contributed by atoms with Crippen molar-refractivity contribution >= 4 is 18.0 Å². The summed E-state index contributed by atoms with van der Waals surface area (Å²) in [5, 5.41) is 0.498. The summed E-state index contributed by atoms with van der Waals surface area (Å²) < 4.78 is 5.27. The number of carbonyl (C=O) groups excluding carboxylic acids is 3. The molecule has 6 nitrogen and oxygen atoms in total. The first-order valence-corrected chi connectivity index (χ1v) is 8.66. The number of fused-ring (bicyclic) bond motifs is 3. The molecule has 134 valence electrons. The zero-order valence-electron chi connectivity index (χ0n) is 14.4. The molecule has 1 saturated heterocycles. The molecule has 1 aromatic carbocycles. The Labute approximate surface area is 151 Å². The molecule has 4 rings (SSSR count). The SMILES string of the molecule is CC12C=CC=CC1C(COC(=O)ON1C(=O)CCC1=O)c1ccccc12. The molecular weight excluding hydrogens is 334 g/mol. The number of hydrogen-bond donors (Lipinski definition) is 0. The van der Waals surface area contributed by atoms with Crippen LogP contribution in [0.15, 0.2) is 48.6 Å². The van der Waals surface area contributed by atoms with Gasteiger partial charge in [0.2, 0.25) is 0 Å². The largest absolute Gasteiger partial charge is 0.533 e. The van der Waals surface area contributed by atoms with E-state index in [4.69, 9.17) is 9.57 Å². The van der Waals surface area contributed by atoms with E-state index >= 15 is 0 Å². The maximum Gasteiger partial charge on any atom is 0.533 e. The molecule has 1 fully saturated rings. The molecule has 0 spiro atoms. The fraction of sp³-hybridized carbons (Fsp3) is 0.350. The van der Waals surface area contributed by atoms with E-state index in [2.05, 4.69) is 25.1 Å². The van der Waals surface area contributed by atoms with Gasteiger partial charge in [0.15, 0.2) is 0 Å². The molecular formula is C20H19NO5. The normalized spacial score (nSPS) is 28.9. The summed E-state index contributed by atoms with van der Waals surface area (Å²) >= 11 is 0. The van der Waals surface area contributed by atoms with Gasteiger partial charge in [-0.1, -0.05) is 60.6 Å². The molecule has 6 heteroatoms. The van der Waals surface area contributed by atoms with E-state index in [1.807, 2.05) is 30.4 Å². The molecule has 1 aliphatic heterocycles. The molecule has 0 N–H and O–H groups in total. The Hall–Kier alpha value is -2.89. The third-order valence-corrected chi connectivity index (χ3v) is 5.49. The fourth-order valence-corrected chi connectivity index (χ4v) is 4.19. The summed E-state index contributed by atoms with van der Waals surface area (Å²) in [5.41, 5.74) is 2.21. The quantitative estimate of drug-likeness (QED) is 0.617. The molecule has 2 amide bonds. The number of amides is 2. The van der Waals surface area contributed by atoms with Gasteiger partial charge in [-0.25, -0.2) is 4.79 Å². The standard InChI is InChI=1S/C20H19NO5/c1-20-11-5-4-8-16(20)14(13-6-2-3-7-15(13)20)12-25-19(24)26-21-17(22)9-10-18(21)23/h2-8,11,14,16H,9-10,12H2,1H3. The minimum Gasteiger partial charge on any atom is -0.432 e. The molecule has 0 radical (unpaired) electrons. The molecule has 26 heavy (non-hydrogen) atoms. The minimum atomic E-state index is -1.03. The monoisotopic (exact) mass is 353 g/mol. The van der Waals surface area contributed by atoms with Gasteiger partial charge in [0, 0.05) is 30.1 Å². The lowest BCUT2D eigenvalue weighted by Crippen LogP contribution is -2.33. The van der Waals surface area contributed by atoms with E-state index in [0.29, 0.717) is 5.06 Å². The lowest BCUT2D eigenvalue weighted by Gasteiger charge is -2.32. The highest BCUT2D eigenvalue weighted by molar-refractivity contribution is 6.01. The molecule has 3 atom stereocenters. The van der Waals surface area contributed by atoms with Crippen LogP contribution in [0.1, 0.15) is 36.8 Å². The molecule has 0 saturated carbocycles. The van der Waals surface area contributed by atoms with Crippen molar-refractivity contribution in [3.05, 3.63) is 59.7 Å². The van der Waals surface area contributed by atoms with Crippen molar-refractivity contribution < 1.29 is 24.0 Å². The highest BCUT2D eigenvalue weighted by Gasteiger charge is 2.47. The van der Waals surface area contributed by atoms with Crippen molar-refractivity contribution in [2.45, 2.75) is 31.1 Å². The minimum absolute atomic E-state index is 0.0186. The van der Waals surface area contributed by atoms with Crippen LogP contribution in [0.4, 0.5) is 4.79 Å². The predicted octanol–water partition coefficient (Wildman–Crippen LogP) is 3.00. The van der Waals surface area contributed by atoms with Crippen LogP contribution in [-0.2, 0) is 24.6 Å². The van der Waals surface area contributed by atoms with Gasteiger partial charge in [0.25, 0.3) is 11.8 Å². The van der Waals surface area contributed by atoms with Gasteiger partial charge >= 0.3 is 6.16 Å². The number of rotatable bonds is 3. The van der Waals surface area contributed by atoms with Gasteiger partial charge in [0.1, 0.15) is 6.61 Å². The Morgan fingerprint density at radius 2 is 1.92 bits per heavy atom. The maximum atomic E-state index is 12.0. The number of carbonyl (C=O) groups is 3. The number of ether oxygens (including phenoxy) is 1. The van der Waals surface area contributed by atoms with Crippen molar-refractivity contribution in [3.63, 3.8) is 0 Å². The van der Waals surface area contributed by atoms with Crippen LogP contribution >= 0.6 is 0 Å². The lowest BCUT2D eigenvalue weighted by atomic mass is 9.72. The third-order valence-electron chi connectivity index (χ3n) is 5.49. The Morgan fingerprint density at radius 1 is 1.19 bits per heavy atom. The number of hydrogen-bond acceptors (Lipinski definition) is 5. The number of hydroxylamine groups is 2. The Balaban J connectivity index is 1.49. The predicted molar refractivity (Wildman–Crippen MR) is 91.8 cm³/mol. The Morgan fingerprint density at radius 3 is 2.69 bits per heavy atom. The molecule has 2 aliphatic carbocycles. The second-order valence-electron chi connectivity index (χ2n) is 6.98. The topological polar surface area (TPSA) is 72.9 Å². The summed E-state index contributed by atoms with van der Waals surface area (Å²) in [6.07, 6.45) is 7.43. The first kappa shape index (κ1) is 16.6. The lowest BCUT2D eigenvalue weighted by molar-refractivity contribution is -0.177. The van der Waals surface area contributed by atoms with E-state index in [-0.39, 0.29) is 36.7 Å². The van der Waals surface area contributed by atoms with E-state index in [1.54, 1.807) is 0 Å².